The first-order valence-corrected chi connectivity index (χ1v) is 3.61. The van der Waals surface area contributed by atoms with Crippen LogP contribution in [0, 0.1) is 11.3 Å². The maximum atomic E-state index is 11.0. The second-order valence-corrected chi connectivity index (χ2v) is 2.28. The van der Waals surface area contributed by atoms with E-state index in [1.807, 2.05) is 6.07 Å². The molecule has 0 aliphatic carbocycles. The number of carbonyl (C=O) groups excluding carboxylic acids is 1. The first-order valence-electron chi connectivity index (χ1n) is 3.61. The van der Waals surface area contributed by atoms with Gasteiger partial charge in [-0.25, -0.2) is 4.79 Å². The Morgan fingerprint density at radius 1 is 1.69 bits per heavy atom. The van der Waals surface area contributed by atoms with Crippen LogP contribution in [0.15, 0.2) is 18.2 Å². The Kier molecular flexibility index (Phi) is 2.87. The molecule has 4 nitrogen and oxygen atoms in total. The number of hydrogen-bond acceptors (Lipinski definition) is 3. The second-order valence-electron chi connectivity index (χ2n) is 2.28. The molecule has 0 radical (unpaired) electrons. The topological polar surface area (TPSA) is 65.9 Å². The van der Waals surface area contributed by atoms with E-state index in [2.05, 4.69) is 9.72 Å². The molecule has 0 bridgehead atoms. The maximum Gasteiger partial charge on any atom is 0.354 e. The molecular weight excluding hydrogens is 168 g/mol. The molecule has 0 aliphatic heterocycles. The Balaban J connectivity index is 2.82. The number of carbonyl (C=O) groups is 1. The summed E-state index contributed by atoms with van der Waals surface area (Å²) in [5.74, 6) is -0.420. The van der Waals surface area contributed by atoms with Crippen LogP contribution in [0.2, 0.25) is 0 Å². The zero-order chi connectivity index (χ0) is 9.68. The van der Waals surface area contributed by atoms with E-state index in [1.54, 1.807) is 18.2 Å². The summed E-state index contributed by atoms with van der Waals surface area (Å²) in [5.41, 5.74) is 1.07. The van der Waals surface area contributed by atoms with Gasteiger partial charge in [0.25, 0.3) is 0 Å². The number of esters is 1. The fraction of sp³-hybridized carbons (Fsp3) is 0.111. The van der Waals surface area contributed by atoms with E-state index in [4.69, 9.17) is 5.26 Å². The first kappa shape index (κ1) is 9.07. The van der Waals surface area contributed by atoms with Crippen molar-refractivity contribution >= 4 is 12.0 Å². The number of ether oxygens (including phenoxy) is 1. The van der Waals surface area contributed by atoms with Crippen molar-refractivity contribution in [3.8, 4) is 6.07 Å². The van der Waals surface area contributed by atoms with Gasteiger partial charge in [-0.3, -0.25) is 0 Å². The van der Waals surface area contributed by atoms with Crippen LogP contribution in [0.25, 0.3) is 6.08 Å². The lowest BCUT2D eigenvalue weighted by Crippen LogP contribution is -2.00. The van der Waals surface area contributed by atoms with Gasteiger partial charge >= 0.3 is 5.97 Å². The molecule has 0 saturated heterocycles. The first-order chi connectivity index (χ1) is 6.27. The molecule has 0 saturated carbocycles. The molecule has 1 aromatic rings. The Labute approximate surface area is 75.4 Å². The normalized spacial score (nSPS) is 9.85. The fourth-order valence-corrected chi connectivity index (χ4v) is 0.865. The van der Waals surface area contributed by atoms with Crippen LogP contribution in [0.4, 0.5) is 0 Å². The van der Waals surface area contributed by atoms with Crippen molar-refractivity contribution in [3.05, 3.63) is 29.6 Å². The highest BCUT2D eigenvalue weighted by molar-refractivity contribution is 5.87. The average Bonchev–Trinajstić information content (AvgIpc) is 2.62. The molecule has 0 atom stereocenters. The molecule has 1 N–H and O–H groups in total. The Morgan fingerprint density at radius 3 is 3.08 bits per heavy atom. The minimum Gasteiger partial charge on any atom is -0.464 e. The summed E-state index contributed by atoms with van der Waals surface area (Å²) in [4.78, 5) is 13.7. The molecular formula is C9H8N2O2. The average molecular weight is 176 g/mol. The summed E-state index contributed by atoms with van der Waals surface area (Å²) in [6, 6.07) is 5.15. The Bertz CT molecular complexity index is 371. The molecule has 0 aromatic carbocycles. The van der Waals surface area contributed by atoms with E-state index in [-0.39, 0.29) is 0 Å². The number of allylic oxidation sites excluding steroid dienone is 1. The fourth-order valence-electron chi connectivity index (χ4n) is 0.865. The van der Waals surface area contributed by atoms with Crippen LogP contribution in [-0.4, -0.2) is 18.1 Å². The van der Waals surface area contributed by atoms with Gasteiger partial charge in [-0.05, 0) is 18.2 Å². The summed E-state index contributed by atoms with van der Waals surface area (Å²) in [5, 5.41) is 8.25. The highest BCUT2D eigenvalue weighted by atomic mass is 16.5. The molecule has 13 heavy (non-hydrogen) atoms. The molecule has 1 aromatic heterocycles. The predicted octanol–water partition coefficient (Wildman–Crippen LogP) is 1.34. The largest absolute Gasteiger partial charge is 0.464 e. The van der Waals surface area contributed by atoms with E-state index in [1.165, 1.54) is 13.2 Å². The molecule has 66 valence electrons. The number of nitriles is 1. The van der Waals surface area contributed by atoms with E-state index in [9.17, 15) is 4.79 Å². The molecule has 0 amide bonds. The third-order valence-corrected chi connectivity index (χ3v) is 1.45. The Hall–Kier alpha value is -2.02. The third-order valence-electron chi connectivity index (χ3n) is 1.45. The number of hydrogen-bond donors (Lipinski definition) is 1. The van der Waals surface area contributed by atoms with Gasteiger partial charge in [0.1, 0.15) is 5.69 Å². The van der Waals surface area contributed by atoms with Gasteiger partial charge in [0.2, 0.25) is 0 Å². The monoisotopic (exact) mass is 176 g/mol. The minimum absolute atomic E-state index is 0.375. The van der Waals surface area contributed by atoms with Crippen molar-refractivity contribution < 1.29 is 9.53 Å². The highest BCUT2D eigenvalue weighted by Crippen LogP contribution is 2.04. The van der Waals surface area contributed by atoms with Crippen molar-refractivity contribution in [2.24, 2.45) is 0 Å². The summed E-state index contributed by atoms with van der Waals surface area (Å²) in [6.45, 7) is 0. The number of aromatic amines is 1. The zero-order valence-electron chi connectivity index (χ0n) is 7.07. The van der Waals surface area contributed by atoms with Crippen LogP contribution in [0.5, 0.6) is 0 Å². The predicted molar refractivity (Wildman–Crippen MR) is 46.8 cm³/mol. The van der Waals surface area contributed by atoms with Gasteiger partial charge in [-0.2, -0.15) is 5.26 Å². The number of rotatable bonds is 2. The van der Waals surface area contributed by atoms with Crippen LogP contribution < -0.4 is 0 Å². The van der Waals surface area contributed by atoms with Gasteiger partial charge in [0, 0.05) is 11.8 Å². The summed E-state index contributed by atoms with van der Waals surface area (Å²) < 4.78 is 4.49. The van der Waals surface area contributed by atoms with Gasteiger partial charge in [-0.15, -0.1) is 0 Å². The standard InChI is InChI=1S/C9H8N2O2/c1-13-9(12)8-5-4-7(11-8)3-2-6-10/h2-5,11H,1H3. The van der Waals surface area contributed by atoms with Crippen molar-refractivity contribution in [3.63, 3.8) is 0 Å². The smallest absolute Gasteiger partial charge is 0.354 e. The third kappa shape index (κ3) is 2.20. The number of aromatic nitrogens is 1. The number of nitrogens with zero attached hydrogens (tertiary/aromatic N) is 1. The van der Waals surface area contributed by atoms with Crippen LogP contribution in [0.1, 0.15) is 16.2 Å². The molecule has 4 heteroatoms. The van der Waals surface area contributed by atoms with Crippen LogP contribution >= 0.6 is 0 Å². The number of nitrogens with one attached hydrogen (secondary N) is 1. The summed E-state index contributed by atoms with van der Waals surface area (Å²) in [7, 11) is 1.31. The second kappa shape index (κ2) is 4.12. The molecule has 0 spiro atoms. The lowest BCUT2D eigenvalue weighted by atomic mass is 10.4. The lowest BCUT2D eigenvalue weighted by molar-refractivity contribution is 0.0595. The maximum absolute atomic E-state index is 11.0. The number of methoxy groups -OCH3 is 1. The van der Waals surface area contributed by atoms with E-state index in [0.717, 1.165) is 0 Å². The Morgan fingerprint density at radius 2 is 2.46 bits per heavy atom. The molecule has 1 heterocycles. The SMILES string of the molecule is COC(=O)c1ccc(C=CC#N)[nH]1. The van der Waals surface area contributed by atoms with Crippen LogP contribution in [-0.2, 0) is 4.74 Å². The van der Waals surface area contributed by atoms with Gasteiger partial charge in [0.15, 0.2) is 0 Å². The molecule has 0 aliphatic rings. The van der Waals surface area contributed by atoms with E-state index < -0.39 is 5.97 Å². The van der Waals surface area contributed by atoms with Gasteiger partial charge < -0.3 is 9.72 Å². The zero-order valence-corrected chi connectivity index (χ0v) is 7.07. The summed E-state index contributed by atoms with van der Waals surface area (Å²) >= 11 is 0. The van der Waals surface area contributed by atoms with Crippen molar-refractivity contribution in [2.75, 3.05) is 7.11 Å². The van der Waals surface area contributed by atoms with Crippen LogP contribution in [0.3, 0.4) is 0 Å². The van der Waals surface area contributed by atoms with Crippen molar-refractivity contribution in [1.29, 1.82) is 5.26 Å². The van der Waals surface area contributed by atoms with Gasteiger partial charge in [0.05, 0.1) is 13.2 Å². The number of H-pyrrole nitrogens is 1. The summed E-state index contributed by atoms with van der Waals surface area (Å²) in [6.07, 6.45) is 2.90. The molecule has 1 rings (SSSR count). The minimum atomic E-state index is -0.420. The van der Waals surface area contributed by atoms with Crippen molar-refractivity contribution in [1.82, 2.24) is 4.98 Å². The molecule has 0 fully saturated rings. The molecule has 0 unspecified atom stereocenters. The quantitative estimate of drug-likeness (QED) is 0.546. The van der Waals surface area contributed by atoms with E-state index >= 15 is 0 Å². The van der Waals surface area contributed by atoms with E-state index in [0.29, 0.717) is 11.4 Å². The van der Waals surface area contributed by atoms with Gasteiger partial charge in [-0.1, -0.05) is 0 Å². The highest BCUT2D eigenvalue weighted by Gasteiger charge is 2.05. The van der Waals surface area contributed by atoms with Crippen molar-refractivity contribution in [2.45, 2.75) is 0 Å². The lowest BCUT2D eigenvalue weighted by Gasteiger charge is -1.92.